The number of hydrogen-bond acceptors (Lipinski definition) is 3. The van der Waals surface area contributed by atoms with E-state index in [4.69, 9.17) is 4.98 Å². The molecule has 0 fully saturated rings. The van der Waals surface area contributed by atoms with Crippen molar-refractivity contribution in [2.24, 2.45) is 7.05 Å². The van der Waals surface area contributed by atoms with Gasteiger partial charge < -0.3 is 0 Å². The fraction of sp³-hybridized carbons (Fsp3) is 0.0556. The fourth-order valence-corrected chi connectivity index (χ4v) is 2.61. The zero-order chi connectivity index (χ0) is 15.6. The molecule has 0 atom stereocenters. The molecule has 0 bridgehead atoms. The molecule has 0 aliphatic rings. The van der Waals surface area contributed by atoms with Gasteiger partial charge in [0.05, 0.1) is 22.9 Å². The minimum atomic E-state index is 0.874. The summed E-state index contributed by atoms with van der Waals surface area (Å²) in [7, 11) is 1.87. The molecule has 0 aliphatic carbocycles. The first-order valence-electron chi connectivity index (χ1n) is 7.38. The van der Waals surface area contributed by atoms with E-state index >= 15 is 0 Å². The van der Waals surface area contributed by atoms with Crippen LogP contribution in [0.5, 0.6) is 0 Å². The van der Waals surface area contributed by atoms with E-state index in [1.54, 1.807) is 10.9 Å². The summed E-state index contributed by atoms with van der Waals surface area (Å²) in [5.41, 5.74) is 4.07. The molecule has 2 aromatic carbocycles. The highest BCUT2D eigenvalue weighted by Crippen LogP contribution is 2.22. The second-order valence-electron chi connectivity index (χ2n) is 5.25. The molecule has 0 saturated carbocycles. The molecule has 112 valence electrons. The first kappa shape index (κ1) is 13.5. The van der Waals surface area contributed by atoms with Gasteiger partial charge in [-0.25, -0.2) is 9.67 Å². The largest absolute Gasteiger partial charge is 0.293 e. The van der Waals surface area contributed by atoms with Gasteiger partial charge in [-0.3, -0.25) is 4.57 Å². The van der Waals surface area contributed by atoms with Crippen molar-refractivity contribution in [2.75, 3.05) is 0 Å². The van der Waals surface area contributed by atoms with Crippen molar-refractivity contribution < 1.29 is 0 Å². The van der Waals surface area contributed by atoms with E-state index in [-0.39, 0.29) is 0 Å². The molecule has 4 rings (SSSR count). The Morgan fingerprint density at radius 3 is 2.48 bits per heavy atom. The van der Waals surface area contributed by atoms with Crippen LogP contribution in [0.2, 0.25) is 0 Å². The topological polar surface area (TPSA) is 48.5 Å². The Morgan fingerprint density at radius 2 is 1.70 bits per heavy atom. The van der Waals surface area contributed by atoms with E-state index in [2.05, 4.69) is 33.1 Å². The Hall–Kier alpha value is -3.21. The molecule has 0 amide bonds. The van der Waals surface area contributed by atoms with Crippen molar-refractivity contribution in [3.63, 3.8) is 0 Å². The Labute approximate surface area is 133 Å². The molecule has 0 radical (unpaired) electrons. The van der Waals surface area contributed by atoms with Crippen molar-refractivity contribution in [1.82, 2.24) is 24.5 Å². The minimum Gasteiger partial charge on any atom is -0.293 e. The van der Waals surface area contributed by atoms with Crippen molar-refractivity contribution >= 4 is 23.2 Å². The standard InChI is InChI=1S/C18H15N5/c1-22-15(13-19-21-22)11-12-18-20-16-9-5-6-10-17(16)23(18)14-7-3-2-4-8-14/h2-13H,1H3/b12-11+. The van der Waals surface area contributed by atoms with Gasteiger partial charge in [0.1, 0.15) is 5.82 Å². The SMILES string of the molecule is Cn1nncc1/C=C/c1nc2ccccc2n1-c1ccccc1. The first-order valence-corrected chi connectivity index (χ1v) is 7.38. The molecule has 4 aromatic rings. The van der Waals surface area contributed by atoms with Gasteiger partial charge >= 0.3 is 0 Å². The lowest BCUT2D eigenvalue weighted by Crippen LogP contribution is -1.97. The van der Waals surface area contributed by atoms with E-state index in [1.165, 1.54) is 0 Å². The van der Waals surface area contributed by atoms with Crippen molar-refractivity contribution in [3.05, 3.63) is 72.3 Å². The summed E-state index contributed by atoms with van der Waals surface area (Å²) in [5, 5.41) is 7.83. The molecule has 0 saturated heterocycles. The van der Waals surface area contributed by atoms with Crippen LogP contribution in [0, 0.1) is 0 Å². The third-order valence-electron chi connectivity index (χ3n) is 3.75. The van der Waals surface area contributed by atoms with Crippen molar-refractivity contribution in [2.45, 2.75) is 0 Å². The van der Waals surface area contributed by atoms with Crippen LogP contribution in [-0.2, 0) is 7.05 Å². The van der Waals surface area contributed by atoms with Crippen LogP contribution < -0.4 is 0 Å². The summed E-state index contributed by atoms with van der Waals surface area (Å²) in [4.78, 5) is 4.74. The van der Waals surface area contributed by atoms with Crippen LogP contribution >= 0.6 is 0 Å². The van der Waals surface area contributed by atoms with Gasteiger partial charge in [0.2, 0.25) is 0 Å². The predicted octanol–water partition coefficient (Wildman–Crippen LogP) is 3.32. The molecule has 5 nitrogen and oxygen atoms in total. The van der Waals surface area contributed by atoms with Gasteiger partial charge in [-0.15, -0.1) is 5.10 Å². The van der Waals surface area contributed by atoms with Gasteiger partial charge in [0, 0.05) is 12.7 Å². The molecule has 0 aliphatic heterocycles. The number of para-hydroxylation sites is 3. The molecule has 23 heavy (non-hydrogen) atoms. The molecule has 2 heterocycles. The molecule has 2 aromatic heterocycles. The lowest BCUT2D eigenvalue weighted by atomic mass is 10.2. The fourth-order valence-electron chi connectivity index (χ4n) is 2.61. The Balaban J connectivity index is 1.89. The summed E-state index contributed by atoms with van der Waals surface area (Å²) >= 11 is 0. The Morgan fingerprint density at radius 1 is 0.913 bits per heavy atom. The van der Waals surface area contributed by atoms with E-state index in [0.29, 0.717) is 0 Å². The van der Waals surface area contributed by atoms with Crippen LogP contribution in [0.4, 0.5) is 0 Å². The lowest BCUT2D eigenvalue weighted by molar-refractivity contribution is 0.709. The smallest absolute Gasteiger partial charge is 0.138 e. The van der Waals surface area contributed by atoms with E-state index in [0.717, 1.165) is 28.2 Å². The number of imidazole rings is 1. The normalized spacial score (nSPS) is 11.5. The second-order valence-corrected chi connectivity index (χ2v) is 5.25. The monoisotopic (exact) mass is 301 g/mol. The average Bonchev–Trinajstić information content (AvgIpc) is 3.16. The summed E-state index contributed by atoms with van der Waals surface area (Å²) in [5.74, 6) is 0.874. The third kappa shape index (κ3) is 2.42. The average molecular weight is 301 g/mol. The Kier molecular flexibility index (Phi) is 3.24. The summed E-state index contributed by atoms with van der Waals surface area (Å²) in [6, 6.07) is 18.4. The molecular weight excluding hydrogens is 286 g/mol. The minimum absolute atomic E-state index is 0.874. The first-order chi connectivity index (χ1) is 11.3. The summed E-state index contributed by atoms with van der Waals surface area (Å²) < 4.78 is 3.88. The van der Waals surface area contributed by atoms with Crippen LogP contribution in [0.25, 0.3) is 28.9 Å². The van der Waals surface area contributed by atoms with E-state index in [9.17, 15) is 0 Å². The highest BCUT2D eigenvalue weighted by atomic mass is 15.4. The van der Waals surface area contributed by atoms with Gasteiger partial charge in [-0.05, 0) is 36.4 Å². The highest BCUT2D eigenvalue weighted by molar-refractivity contribution is 5.81. The maximum absolute atomic E-state index is 4.74. The van der Waals surface area contributed by atoms with Gasteiger partial charge in [0.25, 0.3) is 0 Å². The molecule has 5 heteroatoms. The number of aryl methyl sites for hydroxylation is 1. The number of aromatic nitrogens is 5. The predicted molar refractivity (Wildman–Crippen MR) is 91.0 cm³/mol. The number of benzene rings is 2. The third-order valence-corrected chi connectivity index (χ3v) is 3.75. The lowest BCUT2D eigenvalue weighted by Gasteiger charge is -2.06. The number of nitrogens with zero attached hydrogens (tertiary/aromatic N) is 5. The van der Waals surface area contributed by atoms with Gasteiger partial charge in [-0.1, -0.05) is 35.5 Å². The maximum atomic E-state index is 4.74. The zero-order valence-electron chi connectivity index (χ0n) is 12.7. The highest BCUT2D eigenvalue weighted by Gasteiger charge is 2.09. The van der Waals surface area contributed by atoms with E-state index in [1.807, 2.05) is 55.6 Å². The molecule has 0 N–H and O–H groups in total. The van der Waals surface area contributed by atoms with Gasteiger partial charge in [0.15, 0.2) is 0 Å². The van der Waals surface area contributed by atoms with Crippen LogP contribution in [0.15, 0.2) is 60.8 Å². The molecule has 0 spiro atoms. The van der Waals surface area contributed by atoms with E-state index < -0.39 is 0 Å². The molecule has 0 unspecified atom stereocenters. The van der Waals surface area contributed by atoms with Crippen LogP contribution in [0.3, 0.4) is 0 Å². The van der Waals surface area contributed by atoms with Crippen LogP contribution in [0.1, 0.15) is 11.5 Å². The van der Waals surface area contributed by atoms with Gasteiger partial charge in [-0.2, -0.15) is 0 Å². The summed E-state index contributed by atoms with van der Waals surface area (Å²) in [6.07, 6.45) is 5.69. The summed E-state index contributed by atoms with van der Waals surface area (Å²) in [6.45, 7) is 0. The number of hydrogen-bond donors (Lipinski definition) is 0. The van der Waals surface area contributed by atoms with Crippen LogP contribution in [-0.4, -0.2) is 24.5 Å². The molecular formula is C18H15N5. The Bertz CT molecular complexity index is 979. The van der Waals surface area contributed by atoms with Crippen molar-refractivity contribution in [3.8, 4) is 5.69 Å². The number of rotatable bonds is 3. The number of fused-ring (bicyclic) bond motifs is 1. The quantitative estimate of drug-likeness (QED) is 0.583. The second kappa shape index (κ2) is 5.53. The van der Waals surface area contributed by atoms with Crippen molar-refractivity contribution in [1.29, 1.82) is 0 Å². The maximum Gasteiger partial charge on any atom is 0.138 e. The zero-order valence-corrected chi connectivity index (χ0v) is 12.7.